The predicted molar refractivity (Wildman–Crippen MR) is 203 cm³/mol. The van der Waals surface area contributed by atoms with Crippen LogP contribution in [0.3, 0.4) is 0 Å². The SMILES string of the molecule is COC(=O)c1cc(NC(=O)c2nc(NC(=O)CCC(=O)Nc3cc(NC(=O)c4nc(NC(=O)CCC(=O)Nc5cccn5C)cn4C)cn3C)cn2C)cn1C. The molecule has 0 radical (unpaired) electrons. The second-order valence-corrected chi connectivity index (χ2v) is 12.7. The zero-order chi connectivity index (χ0) is 40.7. The normalized spacial score (nSPS) is 10.8. The minimum atomic E-state index is -0.585. The van der Waals surface area contributed by atoms with E-state index in [-0.39, 0.29) is 60.6 Å². The number of amides is 6. The third kappa shape index (κ3) is 9.94. The van der Waals surface area contributed by atoms with Gasteiger partial charge < -0.3 is 59.5 Å². The second-order valence-electron chi connectivity index (χ2n) is 12.7. The highest BCUT2D eigenvalue weighted by atomic mass is 16.5. The Bertz CT molecular complexity index is 2320. The lowest BCUT2D eigenvalue weighted by Crippen LogP contribution is -2.19. The summed E-state index contributed by atoms with van der Waals surface area (Å²) in [6.07, 6.45) is 7.26. The monoisotopic (exact) mass is 771 g/mol. The summed E-state index contributed by atoms with van der Waals surface area (Å²) in [6, 6.07) is 6.50. The number of anilines is 6. The van der Waals surface area contributed by atoms with Crippen LogP contribution in [0, 0.1) is 0 Å². The zero-order valence-corrected chi connectivity index (χ0v) is 31.4. The fourth-order valence-corrected chi connectivity index (χ4v) is 5.41. The van der Waals surface area contributed by atoms with Crippen LogP contribution < -0.4 is 31.9 Å². The van der Waals surface area contributed by atoms with Gasteiger partial charge in [-0.2, -0.15) is 0 Å². The van der Waals surface area contributed by atoms with Gasteiger partial charge in [0.25, 0.3) is 11.8 Å². The highest BCUT2D eigenvalue weighted by Crippen LogP contribution is 2.20. The molecular weight excluding hydrogens is 730 g/mol. The lowest BCUT2D eigenvalue weighted by atomic mass is 10.3. The largest absolute Gasteiger partial charge is 0.464 e. The molecule has 5 aromatic heterocycles. The summed E-state index contributed by atoms with van der Waals surface area (Å²) in [7, 11) is 9.46. The van der Waals surface area contributed by atoms with Crippen molar-refractivity contribution in [2.45, 2.75) is 25.7 Å². The molecule has 0 bridgehead atoms. The number of aromatic nitrogens is 7. The van der Waals surface area contributed by atoms with E-state index in [1.165, 1.54) is 51.5 Å². The number of imidazole rings is 2. The molecule has 0 aromatic carbocycles. The van der Waals surface area contributed by atoms with Crippen LogP contribution in [0.5, 0.6) is 0 Å². The average molecular weight is 772 g/mol. The maximum atomic E-state index is 13.0. The minimum absolute atomic E-state index is 0.00622. The lowest BCUT2D eigenvalue weighted by Gasteiger charge is -2.06. The molecule has 0 atom stereocenters. The van der Waals surface area contributed by atoms with Gasteiger partial charge in [-0.05, 0) is 18.2 Å². The van der Waals surface area contributed by atoms with E-state index in [4.69, 9.17) is 4.74 Å². The number of hydrogen-bond acceptors (Lipinski definition) is 10. The first kappa shape index (κ1) is 39.8. The van der Waals surface area contributed by atoms with Gasteiger partial charge >= 0.3 is 5.97 Å². The topological polar surface area (TPSA) is 251 Å². The van der Waals surface area contributed by atoms with Crippen LogP contribution in [0.15, 0.2) is 55.2 Å². The van der Waals surface area contributed by atoms with E-state index in [1.54, 1.807) is 68.9 Å². The number of aryl methyl sites for hydroxylation is 5. The molecule has 0 saturated carbocycles. The molecule has 21 heteroatoms. The van der Waals surface area contributed by atoms with Gasteiger partial charge in [-0.1, -0.05) is 0 Å². The van der Waals surface area contributed by atoms with E-state index in [9.17, 15) is 33.6 Å². The number of nitrogens with zero attached hydrogens (tertiary/aromatic N) is 7. The van der Waals surface area contributed by atoms with Crippen LogP contribution >= 0.6 is 0 Å². The van der Waals surface area contributed by atoms with Crippen molar-refractivity contribution < 1.29 is 38.3 Å². The molecule has 0 unspecified atom stereocenters. The van der Waals surface area contributed by atoms with Gasteiger partial charge in [0, 0.05) is 98.0 Å². The van der Waals surface area contributed by atoms with Crippen LogP contribution in [-0.2, 0) is 59.2 Å². The van der Waals surface area contributed by atoms with E-state index in [0.29, 0.717) is 23.0 Å². The van der Waals surface area contributed by atoms with Crippen LogP contribution in [0.1, 0.15) is 57.4 Å². The Morgan fingerprint density at radius 3 is 1.50 bits per heavy atom. The molecule has 56 heavy (non-hydrogen) atoms. The van der Waals surface area contributed by atoms with Crippen molar-refractivity contribution in [1.29, 1.82) is 0 Å². The van der Waals surface area contributed by atoms with Crippen molar-refractivity contribution in [3.63, 3.8) is 0 Å². The highest BCUT2D eigenvalue weighted by molar-refractivity contribution is 6.05. The molecule has 6 amide bonds. The molecular formula is C35H41N13O8. The number of rotatable bonds is 15. The van der Waals surface area contributed by atoms with Crippen LogP contribution in [0.2, 0.25) is 0 Å². The van der Waals surface area contributed by atoms with Gasteiger partial charge in [-0.25, -0.2) is 14.8 Å². The fraction of sp³-hybridized carbons (Fsp3) is 0.286. The third-order valence-electron chi connectivity index (χ3n) is 8.25. The first-order valence-corrected chi connectivity index (χ1v) is 17.0. The van der Waals surface area contributed by atoms with Gasteiger partial charge in [0.1, 0.15) is 17.3 Å². The Hall–Kier alpha value is -7.45. The third-order valence-corrected chi connectivity index (χ3v) is 8.25. The number of hydrogen-bond donors (Lipinski definition) is 6. The van der Waals surface area contributed by atoms with Crippen molar-refractivity contribution in [1.82, 2.24) is 32.8 Å². The number of carbonyl (C=O) groups excluding carboxylic acids is 7. The number of nitrogens with one attached hydrogen (secondary N) is 6. The van der Waals surface area contributed by atoms with Gasteiger partial charge in [-0.15, -0.1) is 0 Å². The molecule has 21 nitrogen and oxygen atoms in total. The summed E-state index contributed by atoms with van der Waals surface area (Å²) in [5, 5.41) is 15.9. The molecule has 0 saturated heterocycles. The van der Waals surface area contributed by atoms with E-state index < -0.39 is 35.5 Å². The Kier molecular flexibility index (Phi) is 12.2. The first-order valence-electron chi connectivity index (χ1n) is 17.0. The van der Waals surface area contributed by atoms with Crippen LogP contribution in [-0.4, -0.2) is 81.3 Å². The van der Waals surface area contributed by atoms with E-state index in [1.807, 2.05) is 0 Å². The molecule has 5 heterocycles. The quantitative estimate of drug-likeness (QED) is 0.0847. The number of methoxy groups -OCH3 is 1. The van der Waals surface area contributed by atoms with Crippen molar-refractivity contribution in [2.75, 3.05) is 39.0 Å². The number of carbonyl (C=O) groups is 7. The van der Waals surface area contributed by atoms with Crippen LogP contribution in [0.25, 0.3) is 0 Å². The lowest BCUT2D eigenvalue weighted by molar-refractivity contribution is -0.121. The van der Waals surface area contributed by atoms with E-state index in [2.05, 4.69) is 41.9 Å². The highest BCUT2D eigenvalue weighted by Gasteiger charge is 2.20. The standard InChI is InChI=1S/C35H41N13O8/c1-44-13-7-8-25(44)42-29(51)11-9-27(49)38-24-19-48(5)32(41-24)34(54)37-21-15-26(46(3)17-21)43-30(52)12-10-28(50)39-23-18-47(4)31(40-23)33(53)36-20-14-22(35(55)56-6)45(2)16-20/h7-8,13-19H,9-12H2,1-6H3,(H,36,53)(H,37,54)(H,38,49)(H,39,50)(H,42,51)(H,43,52). The summed E-state index contributed by atoms with van der Waals surface area (Å²) < 4.78 is 12.4. The summed E-state index contributed by atoms with van der Waals surface area (Å²) in [4.78, 5) is 96.1. The Labute approximate surface area is 319 Å². The summed E-state index contributed by atoms with van der Waals surface area (Å²) in [6.45, 7) is 0. The Morgan fingerprint density at radius 1 is 0.554 bits per heavy atom. The minimum Gasteiger partial charge on any atom is -0.464 e. The Morgan fingerprint density at radius 2 is 1.02 bits per heavy atom. The molecule has 5 rings (SSSR count). The maximum Gasteiger partial charge on any atom is 0.354 e. The van der Waals surface area contributed by atoms with Crippen molar-refractivity contribution in [3.8, 4) is 0 Å². The maximum absolute atomic E-state index is 13.0. The second kappa shape index (κ2) is 17.1. The molecule has 0 fully saturated rings. The van der Waals surface area contributed by atoms with E-state index in [0.717, 1.165) is 0 Å². The van der Waals surface area contributed by atoms with Crippen molar-refractivity contribution in [3.05, 3.63) is 72.6 Å². The molecule has 0 aliphatic carbocycles. The smallest absolute Gasteiger partial charge is 0.354 e. The first-order chi connectivity index (χ1) is 26.6. The van der Waals surface area contributed by atoms with Gasteiger partial charge in [0.15, 0.2) is 11.6 Å². The Balaban J connectivity index is 1.06. The molecule has 294 valence electrons. The number of esters is 1. The molecule has 0 aliphatic rings. The average Bonchev–Trinajstić information content (AvgIpc) is 3.96. The van der Waals surface area contributed by atoms with Crippen molar-refractivity contribution >= 4 is 76.1 Å². The van der Waals surface area contributed by atoms with Crippen molar-refractivity contribution in [2.24, 2.45) is 35.2 Å². The molecule has 0 aliphatic heterocycles. The summed E-state index contributed by atoms with van der Waals surface area (Å²) in [5.41, 5.74) is 0.920. The molecule has 5 aromatic rings. The summed E-state index contributed by atoms with van der Waals surface area (Å²) >= 11 is 0. The van der Waals surface area contributed by atoms with Gasteiger partial charge in [0.2, 0.25) is 35.3 Å². The summed E-state index contributed by atoms with van der Waals surface area (Å²) in [5.74, 6) is -2.35. The number of ether oxygens (including phenoxy) is 1. The van der Waals surface area contributed by atoms with E-state index >= 15 is 0 Å². The molecule has 6 N–H and O–H groups in total. The van der Waals surface area contributed by atoms with Crippen LogP contribution in [0.4, 0.5) is 34.6 Å². The zero-order valence-electron chi connectivity index (χ0n) is 31.4. The molecule has 0 spiro atoms. The fourth-order valence-electron chi connectivity index (χ4n) is 5.41. The van der Waals surface area contributed by atoms with Gasteiger partial charge in [0.05, 0.1) is 18.5 Å². The van der Waals surface area contributed by atoms with Gasteiger partial charge in [-0.3, -0.25) is 28.8 Å². The predicted octanol–water partition coefficient (Wildman–Crippen LogP) is 2.18.